The van der Waals surface area contributed by atoms with Gasteiger partial charge < -0.3 is 10.0 Å². The van der Waals surface area contributed by atoms with E-state index in [0.29, 0.717) is 26.2 Å². The second-order valence-electron chi connectivity index (χ2n) is 3.47. The molecule has 0 rings (SSSR count). The van der Waals surface area contributed by atoms with Crippen LogP contribution in [0, 0.1) is 0 Å². The number of carbonyl (C=O) groups is 1. The largest absolute Gasteiger partial charge is 0.395 e. The van der Waals surface area contributed by atoms with Crippen molar-refractivity contribution in [3.8, 4) is 0 Å². The van der Waals surface area contributed by atoms with Gasteiger partial charge in [0.2, 0.25) is 5.91 Å². The van der Waals surface area contributed by atoms with Crippen LogP contribution in [0.25, 0.3) is 0 Å². The summed E-state index contributed by atoms with van der Waals surface area (Å²) in [5, 5.41) is 8.83. The zero-order valence-corrected chi connectivity index (χ0v) is 10.1. The molecule has 0 spiro atoms. The van der Waals surface area contributed by atoms with Gasteiger partial charge in [0.05, 0.1) is 13.2 Å². The lowest BCUT2D eigenvalue weighted by atomic mass is 10.3. The summed E-state index contributed by atoms with van der Waals surface area (Å²) in [5.41, 5.74) is 0. The van der Waals surface area contributed by atoms with Crippen LogP contribution >= 0.6 is 0 Å². The average molecular weight is 226 g/mol. The molecule has 0 heterocycles. The number of carbonyl (C=O) groups excluding carboxylic acids is 1. The summed E-state index contributed by atoms with van der Waals surface area (Å²) < 4.78 is 0. The topological polar surface area (TPSA) is 43.8 Å². The van der Waals surface area contributed by atoms with E-state index in [0.717, 1.165) is 6.54 Å². The van der Waals surface area contributed by atoms with Crippen molar-refractivity contribution in [1.29, 1.82) is 0 Å². The lowest BCUT2D eigenvalue weighted by molar-refractivity contribution is -0.131. The Balaban J connectivity index is 4.25. The first-order valence-corrected chi connectivity index (χ1v) is 5.52. The normalized spacial score (nSPS) is 10.2. The van der Waals surface area contributed by atoms with E-state index in [9.17, 15) is 4.79 Å². The summed E-state index contributed by atoms with van der Waals surface area (Å²) in [6.45, 7) is 11.9. The van der Waals surface area contributed by atoms with Crippen molar-refractivity contribution in [2.45, 2.75) is 6.92 Å². The third-order valence-electron chi connectivity index (χ3n) is 2.27. The Hall–Kier alpha value is -1.13. The van der Waals surface area contributed by atoms with E-state index in [1.54, 1.807) is 17.1 Å². The maximum atomic E-state index is 11.9. The van der Waals surface area contributed by atoms with Gasteiger partial charge in [-0.3, -0.25) is 9.69 Å². The molecule has 16 heavy (non-hydrogen) atoms. The van der Waals surface area contributed by atoms with Crippen molar-refractivity contribution in [1.82, 2.24) is 9.80 Å². The molecule has 0 fully saturated rings. The van der Waals surface area contributed by atoms with Gasteiger partial charge in [0, 0.05) is 19.6 Å². The summed E-state index contributed by atoms with van der Waals surface area (Å²) in [6.07, 6.45) is 3.40. The summed E-state index contributed by atoms with van der Waals surface area (Å²) >= 11 is 0. The Kier molecular flexibility index (Phi) is 8.48. The molecule has 4 nitrogen and oxygen atoms in total. The molecule has 0 radical (unpaired) electrons. The van der Waals surface area contributed by atoms with Crippen LogP contribution in [0.4, 0.5) is 0 Å². The van der Waals surface area contributed by atoms with Crippen LogP contribution < -0.4 is 0 Å². The minimum atomic E-state index is 0.0371. The quantitative estimate of drug-likeness (QED) is 0.582. The van der Waals surface area contributed by atoms with E-state index in [-0.39, 0.29) is 12.5 Å². The van der Waals surface area contributed by atoms with Gasteiger partial charge >= 0.3 is 0 Å². The van der Waals surface area contributed by atoms with E-state index in [2.05, 4.69) is 13.2 Å². The van der Waals surface area contributed by atoms with Crippen molar-refractivity contribution in [2.24, 2.45) is 0 Å². The van der Waals surface area contributed by atoms with Crippen molar-refractivity contribution >= 4 is 5.91 Å². The zero-order chi connectivity index (χ0) is 12.4. The van der Waals surface area contributed by atoms with Gasteiger partial charge in [0.1, 0.15) is 0 Å². The summed E-state index contributed by atoms with van der Waals surface area (Å²) in [7, 11) is 0. The average Bonchev–Trinajstić information content (AvgIpc) is 2.28. The van der Waals surface area contributed by atoms with Crippen LogP contribution in [0.5, 0.6) is 0 Å². The fourth-order valence-corrected chi connectivity index (χ4v) is 1.37. The monoisotopic (exact) mass is 226 g/mol. The predicted molar refractivity (Wildman–Crippen MR) is 66.2 cm³/mol. The highest BCUT2D eigenvalue weighted by Gasteiger charge is 2.13. The van der Waals surface area contributed by atoms with Gasteiger partial charge in [-0.05, 0) is 6.54 Å². The lowest BCUT2D eigenvalue weighted by Crippen LogP contribution is -2.41. The Morgan fingerprint density at radius 1 is 1.31 bits per heavy atom. The van der Waals surface area contributed by atoms with E-state index in [4.69, 9.17) is 5.11 Å². The Labute approximate surface area is 97.8 Å². The third-order valence-corrected chi connectivity index (χ3v) is 2.27. The molecule has 0 aromatic rings. The summed E-state index contributed by atoms with van der Waals surface area (Å²) in [5.74, 6) is 0.0371. The number of hydrogen-bond acceptors (Lipinski definition) is 3. The fraction of sp³-hybridized carbons (Fsp3) is 0.583. The molecule has 0 saturated carbocycles. The molecule has 0 aliphatic heterocycles. The third kappa shape index (κ3) is 5.68. The minimum absolute atomic E-state index is 0.0371. The molecule has 0 aromatic carbocycles. The molecule has 0 aliphatic carbocycles. The Bertz CT molecular complexity index is 219. The molecule has 0 bridgehead atoms. The number of aliphatic hydroxyl groups is 1. The first-order chi connectivity index (χ1) is 7.69. The zero-order valence-electron chi connectivity index (χ0n) is 10.1. The second kappa shape index (κ2) is 9.12. The van der Waals surface area contributed by atoms with Gasteiger partial charge in [-0.2, -0.15) is 0 Å². The Morgan fingerprint density at radius 2 is 1.88 bits per heavy atom. The number of aliphatic hydroxyl groups excluding tert-OH is 1. The molecular formula is C12H22N2O2. The maximum Gasteiger partial charge on any atom is 0.237 e. The molecule has 0 aromatic heterocycles. The number of rotatable bonds is 9. The molecule has 1 N–H and O–H groups in total. The van der Waals surface area contributed by atoms with Crippen LogP contribution in [0.15, 0.2) is 25.3 Å². The van der Waals surface area contributed by atoms with Gasteiger partial charge in [-0.15, -0.1) is 13.2 Å². The molecule has 0 atom stereocenters. The SMILES string of the molecule is C=CCN(CC=C)C(=O)CN(CC)CCO. The Morgan fingerprint density at radius 3 is 2.25 bits per heavy atom. The van der Waals surface area contributed by atoms with Crippen molar-refractivity contribution in [3.63, 3.8) is 0 Å². The van der Waals surface area contributed by atoms with Crippen molar-refractivity contribution in [2.75, 3.05) is 39.3 Å². The number of amides is 1. The van der Waals surface area contributed by atoms with Gasteiger partial charge in [-0.25, -0.2) is 0 Å². The van der Waals surface area contributed by atoms with E-state index >= 15 is 0 Å². The molecule has 1 amide bonds. The summed E-state index contributed by atoms with van der Waals surface area (Å²) in [6, 6.07) is 0. The number of likely N-dealkylation sites (N-methyl/N-ethyl adjacent to an activating group) is 1. The van der Waals surface area contributed by atoms with E-state index < -0.39 is 0 Å². The molecular weight excluding hydrogens is 204 g/mol. The van der Waals surface area contributed by atoms with Gasteiger partial charge in [-0.1, -0.05) is 19.1 Å². The lowest BCUT2D eigenvalue weighted by Gasteiger charge is -2.24. The van der Waals surface area contributed by atoms with Crippen LogP contribution in [0.2, 0.25) is 0 Å². The standard InChI is InChI=1S/C12H22N2O2/c1-4-7-14(8-5-2)12(16)11-13(6-3)9-10-15/h4-5,15H,1-2,6-11H2,3H3. The fourth-order valence-electron chi connectivity index (χ4n) is 1.37. The van der Waals surface area contributed by atoms with Gasteiger partial charge in [0.25, 0.3) is 0 Å². The molecule has 0 unspecified atom stereocenters. The van der Waals surface area contributed by atoms with Crippen LogP contribution in [0.3, 0.4) is 0 Å². The van der Waals surface area contributed by atoms with Crippen molar-refractivity contribution < 1.29 is 9.90 Å². The highest BCUT2D eigenvalue weighted by Crippen LogP contribution is 1.95. The van der Waals surface area contributed by atoms with Crippen LogP contribution in [-0.4, -0.2) is 60.1 Å². The highest BCUT2D eigenvalue weighted by atomic mass is 16.3. The molecule has 92 valence electrons. The predicted octanol–water partition coefficient (Wildman–Crippen LogP) is 0.501. The molecule has 0 saturated heterocycles. The van der Waals surface area contributed by atoms with E-state index in [1.807, 2.05) is 11.8 Å². The first kappa shape index (κ1) is 14.9. The maximum absolute atomic E-state index is 11.9. The number of nitrogens with zero attached hydrogens (tertiary/aromatic N) is 2. The van der Waals surface area contributed by atoms with E-state index in [1.165, 1.54) is 0 Å². The molecule has 4 heteroatoms. The smallest absolute Gasteiger partial charge is 0.237 e. The van der Waals surface area contributed by atoms with Crippen LogP contribution in [0.1, 0.15) is 6.92 Å². The summed E-state index contributed by atoms with van der Waals surface area (Å²) in [4.78, 5) is 15.5. The van der Waals surface area contributed by atoms with Crippen LogP contribution in [-0.2, 0) is 4.79 Å². The first-order valence-electron chi connectivity index (χ1n) is 5.52. The highest BCUT2D eigenvalue weighted by molar-refractivity contribution is 5.78. The second-order valence-corrected chi connectivity index (χ2v) is 3.47. The van der Waals surface area contributed by atoms with Crippen molar-refractivity contribution in [3.05, 3.63) is 25.3 Å². The van der Waals surface area contributed by atoms with Gasteiger partial charge in [0.15, 0.2) is 0 Å². The minimum Gasteiger partial charge on any atom is -0.395 e. The molecule has 0 aliphatic rings. The number of hydrogen-bond donors (Lipinski definition) is 1.